The average molecular weight is 482 g/mol. The summed E-state index contributed by atoms with van der Waals surface area (Å²) in [6, 6.07) is 1.84. The monoisotopic (exact) mass is 481 g/mol. The Bertz CT molecular complexity index is 712. The number of anilines is 1. The van der Waals surface area contributed by atoms with Crippen LogP contribution in [-0.2, 0) is 9.59 Å². The molecule has 186 valence electrons. The van der Waals surface area contributed by atoms with Gasteiger partial charge in [0, 0.05) is 64.1 Å². The van der Waals surface area contributed by atoms with E-state index in [0.717, 1.165) is 64.4 Å². The van der Waals surface area contributed by atoms with Crippen LogP contribution in [-0.4, -0.2) is 82.1 Å². The number of aliphatic hydroxyl groups is 1. The number of hydrogen-bond acceptors (Lipinski definition) is 7. The number of halogens is 1. The molecule has 2 aliphatic heterocycles. The molecule has 1 aromatic heterocycles. The van der Waals surface area contributed by atoms with Crippen molar-refractivity contribution in [3.05, 3.63) is 18.5 Å². The molecule has 4 rings (SSSR count). The first-order valence-electron chi connectivity index (χ1n) is 12.1. The number of rotatable bonds is 6. The molecule has 3 aliphatic rings. The fourth-order valence-electron chi connectivity index (χ4n) is 4.99. The van der Waals surface area contributed by atoms with Crippen LogP contribution in [0.5, 0.6) is 0 Å². The van der Waals surface area contributed by atoms with E-state index in [1.165, 1.54) is 17.7 Å². The zero-order valence-electron chi connectivity index (χ0n) is 20.1. The third-order valence-corrected chi connectivity index (χ3v) is 6.63. The summed E-state index contributed by atoms with van der Waals surface area (Å²) in [5.74, 6) is 0.938. The summed E-state index contributed by atoms with van der Waals surface area (Å²) in [5, 5.41) is 8.06. The minimum absolute atomic E-state index is 0. The molecule has 2 saturated heterocycles. The standard InChI is InChI=1S/C21H31N5O2.C3H8O.ClH/c27-18-16-21(6-1-2-7-21)17-19(28)26(18)11-4-3-10-24-12-14-25(15-13-24)20-22-8-5-9-23-20;1-3(2)4;/h5,8-9H,1-4,6-7,10-17H2;3-4H,1-2H3;1H. The normalized spacial score (nSPS) is 20.6. The molecule has 8 nitrogen and oxygen atoms in total. The number of nitrogens with zero attached hydrogens (tertiary/aromatic N) is 5. The number of hydrogen-bond donors (Lipinski definition) is 1. The van der Waals surface area contributed by atoms with Gasteiger partial charge in [-0.05, 0) is 57.6 Å². The summed E-state index contributed by atoms with van der Waals surface area (Å²) < 4.78 is 0. The highest BCUT2D eigenvalue weighted by molar-refractivity contribution is 5.98. The molecule has 3 heterocycles. The number of carbonyl (C=O) groups is 2. The number of aromatic nitrogens is 2. The maximum absolute atomic E-state index is 12.5. The summed E-state index contributed by atoms with van der Waals surface area (Å²) in [5.41, 5.74) is 0.00676. The summed E-state index contributed by atoms with van der Waals surface area (Å²) in [6.45, 7) is 8.93. The fraction of sp³-hybridized carbons (Fsp3) is 0.750. The van der Waals surface area contributed by atoms with Crippen molar-refractivity contribution in [2.45, 2.75) is 71.3 Å². The molecule has 1 aliphatic carbocycles. The van der Waals surface area contributed by atoms with Gasteiger partial charge in [0.15, 0.2) is 0 Å². The van der Waals surface area contributed by atoms with Crippen molar-refractivity contribution in [2.75, 3.05) is 44.2 Å². The van der Waals surface area contributed by atoms with Crippen molar-refractivity contribution in [3.8, 4) is 0 Å². The van der Waals surface area contributed by atoms with Gasteiger partial charge in [0.2, 0.25) is 17.8 Å². The molecule has 3 fully saturated rings. The van der Waals surface area contributed by atoms with Gasteiger partial charge in [-0.3, -0.25) is 19.4 Å². The first-order chi connectivity index (χ1) is 15.4. The zero-order valence-corrected chi connectivity index (χ0v) is 20.9. The predicted molar refractivity (Wildman–Crippen MR) is 131 cm³/mol. The molecule has 0 unspecified atom stereocenters. The van der Waals surface area contributed by atoms with Crippen LogP contribution in [0, 0.1) is 5.41 Å². The third kappa shape index (κ3) is 8.19. The van der Waals surface area contributed by atoms with Crippen molar-refractivity contribution in [1.29, 1.82) is 0 Å². The van der Waals surface area contributed by atoms with E-state index in [4.69, 9.17) is 5.11 Å². The van der Waals surface area contributed by atoms with Crippen LogP contribution >= 0.6 is 12.4 Å². The largest absolute Gasteiger partial charge is 0.394 e. The first-order valence-corrected chi connectivity index (χ1v) is 12.1. The van der Waals surface area contributed by atoms with Gasteiger partial charge in [0.1, 0.15) is 0 Å². The Balaban J connectivity index is 0.000000714. The predicted octanol–water partition coefficient (Wildman–Crippen LogP) is 2.90. The van der Waals surface area contributed by atoms with Crippen LogP contribution in [0.2, 0.25) is 0 Å². The molecule has 0 atom stereocenters. The Morgan fingerprint density at radius 2 is 1.45 bits per heavy atom. The van der Waals surface area contributed by atoms with E-state index >= 15 is 0 Å². The summed E-state index contributed by atoms with van der Waals surface area (Å²) in [4.78, 5) is 39.9. The minimum Gasteiger partial charge on any atom is -0.394 e. The van der Waals surface area contributed by atoms with Gasteiger partial charge < -0.3 is 10.0 Å². The minimum atomic E-state index is -0.167. The number of imide groups is 1. The molecule has 33 heavy (non-hydrogen) atoms. The fourth-order valence-corrected chi connectivity index (χ4v) is 4.99. The van der Waals surface area contributed by atoms with Gasteiger partial charge in [0.25, 0.3) is 0 Å². The molecular formula is C24H40ClN5O3. The number of piperidine rings is 1. The number of amides is 2. The van der Waals surface area contributed by atoms with Crippen LogP contribution in [0.15, 0.2) is 18.5 Å². The van der Waals surface area contributed by atoms with Gasteiger partial charge in [-0.25, -0.2) is 9.97 Å². The highest BCUT2D eigenvalue weighted by Crippen LogP contribution is 2.46. The third-order valence-electron chi connectivity index (χ3n) is 6.63. The van der Waals surface area contributed by atoms with Crippen LogP contribution < -0.4 is 4.90 Å². The van der Waals surface area contributed by atoms with Crippen molar-refractivity contribution in [2.24, 2.45) is 5.41 Å². The quantitative estimate of drug-likeness (QED) is 0.493. The average Bonchev–Trinajstić information content (AvgIpc) is 3.20. The SMILES string of the molecule is CC(C)O.Cl.O=C1CC2(CCCC2)CC(=O)N1CCCCN1CCN(c2ncccn2)CC1. The van der Waals surface area contributed by atoms with E-state index in [1.54, 1.807) is 26.2 Å². The maximum atomic E-state index is 12.5. The number of likely N-dealkylation sites (tertiary alicyclic amines) is 1. The molecule has 1 aromatic rings. The maximum Gasteiger partial charge on any atom is 0.229 e. The van der Waals surface area contributed by atoms with Crippen LogP contribution in [0.25, 0.3) is 0 Å². The lowest BCUT2D eigenvalue weighted by Gasteiger charge is -2.37. The molecule has 0 bridgehead atoms. The van der Waals surface area contributed by atoms with E-state index in [0.29, 0.717) is 19.4 Å². The van der Waals surface area contributed by atoms with Gasteiger partial charge in [-0.15, -0.1) is 12.4 Å². The smallest absolute Gasteiger partial charge is 0.229 e. The molecule has 0 aromatic carbocycles. The molecule has 1 saturated carbocycles. The Morgan fingerprint density at radius 1 is 0.939 bits per heavy atom. The van der Waals surface area contributed by atoms with E-state index < -0.39 is 0 Å². The van der Waals surface area contributed by atoms with Crippen molar-refractivity contribution in [1.82, 2.24) is 19.8 Å². The van der Waals surface area contributed by atoms with Gasteiger partial charge in [-0.1, -0.05) is 12.8 Å². The highest BCUT2D eigenvalue weighted by atomic mass is 35.5. The van der Waals surface area contributed by atoms with E-state index in [9.17, 15) is 9.59 Å². The zero-order chi connectivity index (χ0) is 23.0. The van der Waals surface area contributed by atoms with E-state index in [-0.39, 0.29) is 35.7 Å². The second-order valence-corrected chi connectivity index (χ2v) is 9.68. The van der Waals surface area contributed by atoms with Crippen molar-refractivity contribution >= 4 is 30.2 Å². The lowest BCUT2D eigenvalue weighted by Crippen LogP contribution is -2.48. The number of carbonyl (C=O) groups excluding carboxylic acids is 2. The Hall–Kier alpha value is -1.77. The van der Waals surface area contributed by atoms with Crippen molar-refractivity contribution in [3.63, 3.8) is 0 Å². The van der Waals surface area contributed by atoms with Crippen LogP contribution in [0.3, 0.4) is 0 Å². The molecule has 0 radical (unpaired) electrons. The van der Waals surface area contributed by atoms with Crippen molar-refractivity contribution < 1.29 is 14.7 Å². The van der Waals surface area contributed by atoms with Crippen LogP contribution in [0.1, 0.15) is 65.2 Å². The second kappa shape index (κ2) is 13.2. The second-order valence-electron chi connectivity index (χ2n) is 9.68. The van der Waals surface area contributed by atoms with E-state index in [1.807, 2.05) is 6.07 Å². The van der Waals surface area contributed by atoms with Gasteiger partial charge in [-0.2, -0.15) is 0 Å². The van der Waals surface area contributed by atoms with Gasteiger partial charge in [0.05, 0.1) is 0 Å². The number of unbranched alkanes of at least 4 members (excludes halogenated alkanes) is 1. The molecular weight excluding hydrogens is 442 g/mol. The molecule has 1 N–H and O–H groups in total. The first kappa shape index (κ1) is 27.5. The summed E-state index contributed by atoms with van der Waals surface area (Å²) in [7, 11) is 0. The lowest BCUT2D eigenvalue weighted by molar-refractivity contribution is -0.153. The van der Waals surface area contributed by atoms with Crippen LogP contribution in [0.4, 0.5) is 5.95 Å². The Labute approximate surface area is 204 Å². The highest BCUT2D eigenvalue weighted by Gasteiger charge is 2.44. The number of piperazine rings is 1. The van der Waals surface area contributed by atoms with Gasteiger partial charge >= 0.3 is 0 Å². The molecule has 9 heteroatoms. The Morgan fingerprint density at radius 3 is 2.00 bits per heavy atom. The number of aliphatic hydroxyl groups excluding tert-OH is 1. The topological polar surface area (TPSA) is 89.9 Å². The lowest BCUT2D eigenvalue weighted by atomic mass is 9.76. The van der Waals surface area contributed by atoms with E-state index in [2.05, 4.69) is 19.8 Å². The molecule has 2 amide bonds. The molecule has 1 spiro atoms. The Kier molecular flexibility index (Phi) is 11.0. The summed E-state index contributed by atoms with van der Waals surface area (Å²) in [6.07, 6.45) is 10.9. The summed E-state index contributed by atoms with van der Waals surface area (Å²) >= 11 is 0.